The van der Waals surface area contributed by atoms with Gasteiger partial charge in [-0.05, 0) is 50.5 Å². The van der Waals surface area contributed by atoms with Gasteiger partial charge in [0.05, 0.1) is 17.5 Å². The van der Waals surface area contributed by atoms with Gasteiger partial charge in [0, 0.05) is 18.2 Å². The maximum atomic E-state index is 13.5. The van der Waals surface area contributed by atoms with Gasteiger partial charge in [-0.2, -0.15) is 4.99 Å². The van der Waals surface area contributed by atoms with Crippen LogP contribution in [0.2, 0.25) is 0 Å². The Kier molecular flexibility index (Phi) is 8.46. The first-order valence-corrected chi connectivity index (χ1v) is 15.1. The second-order valence-electron chi connectivity index (χ2n) is 10.5. The third-order valence-electron chi connectivity index (χ3n) is 6.21. The molecule has 2 aliphatic rings. The number of alkyl carbamates (subject to hydrolysis) is 1. The molecular formula is C27H32FN3O5S2. The minimum Gasteiger partial charge on any atom is -0.444 e. The lowest BCUT2D eigenvalue weighted by molar-refractivity contribution is -0.119. The number of nitrogens with zero attached hydrogens (tertiary/aromatic N) is 2. The smallest absolute Gasteiger partial charge is 0.408 e. The topological polar surface area (TPSA) is 105 Å². The number of ether oxygens (including phenoxy) is 1. The zero-order valence-electron chi connectivity index (χ0n) is 21.6. The van der Waals surface area contributed by atoms with E-state index in [9.17, 15) is 22.4 Å². The van der Waals surface area contributed by atoms with E-state index in [1.54, 1.807) is 32.9 Å². The van der Waals surface area contributed by atoms with Gasteiger partial charge in [0.25, 0.3) is 5.91 Å². The first-order chi connectivity index (χ1) is 17.9. The van der Waals surface area contributed by atoms with E-state index < -0.39 is 33.5 Å². The van der Waals surface area contributed by atoms with Gasteiger partial charge in [-0.25, -0.2) is 17.6 Å². The lowest BCUT2D eigenvalue weighted by Crippen LogP contribution is -2.45. The van der Waals surface area contributed by atoms with E-state index in [0.29, 0.717) is 18.1 Å². The van der Waals surface area contributed by atoms with Crippen molar-refractivity contribution >= 4 is 38.8 Å². The number of halogens is 1. The van der Waals surface area contributed by atoms with Gasteiger partial charge < -0.3 is 15.0 Å². The van der Waals surface area contributed by atoms with Gasteiger partial charge in [-0.3, -0.25) is 4.79 Å². The highest BCUT2D eigenvalue weighted by atomic mass is 32.2. The molecule has 0 unspecified atom stereocenters. The number of rotatable bonds is 7. The van der Waals surface area contributed by atoms with E-state index in [2.05, 4.69) is 10.3 Å². The summed E-state index contributed by atoms with van der Waals surface area (Å²) in [6.45, 7) is 5.63. The van der Waals surface area contributed by atoms with Crippen LogP contribution in [-0.4, -0.2) is 71.5 Å². The van der Waals surface area contributed by atoms with Gasteiger partial charge in [0.1, 0.15) is 17.5 Å². The SMILES string of the molecule is CC(C)(C)OC(=O)N[C@H](Cc1ccccc1)C(=O)N=C1S[C@@H]2CS(=O)(=O)C[C@@H]2N1CCc1ccc(F)cc1. The summed E-state index contributed by atoms with van der Waals surface area (Å²) >= 11 is 1.28. The van der Waals surface area contributed by atoms with E-state index in [1.807, 2.05) is 35.2 Å². The molecule has 1 N–H and O–H groups in total. The first kappa shape index (κ1) is 28.1. The summed E-state index contributed by atoms with van der Waals surface area (Å²) in [4.78, 5) is 32.3. The Bertz CT molecular complexity index is 1290. The third-order valence-corrected chi connectivity index (χ3v) is 9.45. The lowest BCUT2D eigenvalue weighted by Gasteiger charge is -2.25. The molecule has 11 heteroatoms. The van der Waals surface area contributed by atoms with Crippen LogP contribution >= 0.6 is 11.8 Å². The molecule has 0 aromatic heterocycles. The van der Waals surface area contributed by atoms with Crippen LogP contribution < -0.4 is 5.32 Å². The van der Waals surface area contributed by atoms with Crippen LogP contribution in [0, 0.1) is 5.82 Å². The summed E-state index contributed by atoms with van der Waals surface area (Å²) < 4.78 is 43.4. The van der Waals surface area contributed by atoms with E-state index >= 15 is 0 Å². The summed E-state index contributed by atoms with van der Waals surface area (Å²) in [7, 11) is -3.19. The standard InChI is InChI=1S/C27H32FN3O5S2/c1-27(2,3)36-26(33)29-21(15-19-7-5-4-6-8-19)24(32)30-25-31(14-13-18-9-11-20(28)12-10-18)22-16-38(34,35)17-23(22)37-25/h4-12,21-23H,13-17H2,1-3H3,(H,29,33)/t21-,22+,23-/m1/s1. The van der Waals surface area contributed by atoms with Crippen molar-refractivity contribution in [3.63, 3.8) is 0 Å². The Labute approximate surface area is 227 Å². The van der Waals surface area contributed by atoms with Crippen molar-refractivity contribution in [2.24, 2.45) is 4.99 Å². The molecule has 4 rings (SSSR count). The Morgan fingerprint density at radius 2 is 1.79 bits per heavy atom. The maximum Gasteiger partial charge on any atom is 0.408 e. The molecule has 0 radical (unpaired) electrons. The van der Waals surface area contributed by atoms with E-state index in [-0.39, 0.29) is 35.0 Å². The first-order valence-electron chi connectivity index (χ1n) is 12.4. The molecule has 38 heavy (non-hydrogen) atoms. The van der Waals surface area contributed by atoms with Crippen LogP contribution in [0.1, 0.15) is 31.9 Å². The third kappa shape index (κ3) is 7.57. The van der Waals surface area contributed by atoms with Crippen LogP contribution in [0.4, 0.5) is 9.18 Å². The van der Waals surface area contributed by atoms with Crippen LogP contribution in [0.25, 0.3) is 0 Å². The Morgan fingerprint density at radius 1 is 1.11 bits per heavy atom. The number of carbonyl (C=O) groups is 2. The maximum absolute atomic E-state index is 13.5. The number of nitrogens with one attached hydrogen (secondary N) is 1. The molecule has 2 aromatic rings. The van der Waals surface area contributed by atoms with Gasteiger partial charge in [0.2, 0.25) is 0 Å². The monoisotopic (exact) mass is 561 g/mol. The molecule has 2 amide bonds. The van der Waals surface area contributed by atoms with E-state index in [0.717, 1.165) is 11.1 Å². The molecule has 0 aliphatic carbocycles. The number of hydrogen-bond donors (Lipinski definition) is 1. The zero-order chi connectivity index (χ0) is 27.5. The average molecular weight is 562 g/mol. The highest BCUT2D eigenvalue weighted by Gasteiger charge is 2.48. The van der Waals surface area contributed by atoms with Crippen molar-refractivity contribution < 1.29 is 27.1 Å². The van der Waals surface area contributed by atoms with E-state index in [1.165, 1.54) is 23.9 Å². The average Bonchev–Trinajstić information content (AvgIpc) is 3.28. The van der Waals surface area contributed by atoms with Crippen molar-refractivity contribution in [1.82, 2.24) is 10.2 Å². The number of carbonyl (C=O) groups excluding carboxylic acids is 2. The largest absolute Gasteiger partial charge is 0.444 e. The number of benzene rings is 2. The molecule has 2 aliphatic heterocycles. The molecule has 204 valence electrons. The minimum atomic E-state index is -3.19. The number of hydrogen-bond acceptors (Lipinski definition) is 6. The Balaban J connectivity index is 1.56. The molecule has 0 spiro atoms. The van der Waals surface area contributed by atoms with Gasteiger partial charge in [-0.1, -0.05) is 54.2 Å². The minimum absolute atomic E-state index is 0.00903. The second-order valence-corrected chi connectivity index (χ2v) is 13.9. The predicted octanol–water partition coefficient (Wildman–Crippen LogP) is 3.60. The van der Waals surface area contributed by atoms with Crippen molar-refractivity contribution in [2.45, 2.75) is 56.5 Å². The molecular weight excluding hydrogens is 529 g/mol. The summed E-state index contributed by atoms with van der Waals surface area (Å²) in [5.41, 5.74) is 0.995. The fourth-order valence-corrected chi connectivity index (χ4v) is 8.45. The molecule has 8 nitrogen and oxygen atoms in total. The highest BCUT2D eigenvalue weighted by molar-refractivity contribution is 8.15. The van der Waals surface area contributed by atoms with Crippen molar-refractivity contribution in [1.29, 1.82) is 0 Å². The number of aliphatic imine (C=N–C) groups is 1. The van der Waals surface area contributed by atoms with Crippen LogP contribution in [0.5, 0.6) is 0 Å². The Morgan fingerprint density at radius 3 is 2.45 bits per heavy atom. The molecule has 2 fully saturated rings. The number of sulfone groups is 1. The van der Waals surface area contributed by atoms with E-state index in [4.69, 9.17) is 4.74 Å². The summed E-state index contributed by atoms with van der Waals surface area (Å²) in [5.74, 6) is -0.865. The van der Waals surface area contributed by atoms with Gasteiger partial charge in [-0.15, -0.1) is 0 Å². The van der Waals surface area contributed by atoms with Crippen molar-refractivity contribution in [3.05, 3.63) is 71.5 Å². The lowest BCUT2D eigenvalue weighted by atomic mass is 10.1. The normalized spacial score (nSPS) is 22.2. The fourth-order valence-electron chi connectivity index (χ4n) is 4.47. The van der Waals surface area contributed by atoms with Crippen LogP contribution in [0.15, 0.2) is 59.6 Å². The molecule has 3 atom stereocenters. The molecule has 2 aromatic carbocycles. The van der Waals surface area contributed by atoms with Gasteiger partial charge >= 0.3 is 6.09 Å². The Hall–Kier alpha value is -2.92. The fraction of sp³-hybridized carbons (Fsp3) is 0.444. The number of fused-ring (bicyclic) bond motifs is 1. The molecule has 2 saturated heterocycles. The molecule has 0 bridgehead atoms. The zero-order valence-corrected chi connectivity index (χ0v) is 23.2. The number of amides is 2. The molecule has 0 saturated carbocycles. The summed E-state index contributed by atoms with van der Waals surface area (Å²) in [5, 5.41) is 2.87. The second kappa shape index (κ2) is 11.4. The number of amidine groups is 1. The van der Waals surface area contributed by atoms with Crippen LogP contribution in [-0.2, 0) is 32.2 Å². The molecule has 2 heterocycles. The van der Waals surface area contributed by atoms with Gasteiger partial charge in [0.15, 0.2) is 15.0 Å². The predicted molar refractivity (Wildman–Crippen MR) is 146 cm³/mol. The van der Waals surface area contributed by atoms with Crippen molar-refractivity contribution in [2.75, 3.05) is 18.1 Å². The highest BCUT2D eigenvalue weighted by Crippen LogP contribution is 2.38. The summed E-state index contributed by atoms with van der Waals surface area (Å²) in [6.07, 6.45) is 0.0279. The summed E-state index contributed by atoms with van der Waals surface area (Å²) in [6, 6.07) is 14.1. The number of thioether (sulfide) groups is 1. The van der Waals surface area contributed by atoms with Crippen molar-refractivity contribution in [3.8, 4) is 0 Å². The van der Waals surface area contributed by atoms with Crippen LogP contribution in [0.3, 0.4) is 0 Å². The quantitative estimate of drug-likeness (QED) is 0.551.